The van der Waals surface area contributed by atoms with Gasteiger partial charge in [0.15, 0.2) is 13.9 Å². The first-order valence-electron chi connectivity index (χ1n) is 16.4. The van der Waals surface area contributed by atoms with E-state index in [9.17, 15) is 19.5 Å². The fourth-order valence-electron chi connectivity index (χ4n) is 8.08. The van der Waals surface area contributed by atoms with Crippen molar-refractivity contribution in [3.05, 3.63) is 102 Å². The van der Waals surface area contributed by atoms with E-state index < -0.39 is 20.0 Å². The van der Waals surface area contributed by atoms with Crippen LogP contribution in [0.1, 0.15) is 48.9 Å². The maximum absolute atomic E-state index is 14.8. The average Bonchev–Trinajstić information content (AvgIpc) is 3.83. The van der Waals surface area contributed by atoms with Crippen molar-refractivity contribution < 1.29 is 24.2 Å². The number of rotatable bonds is 9. The summed E-state index contributed by atoms with van der Waals surface area (Å²) < 4.78 is 8.79. The molecular weight excluding hydrogens is 611 g/mol. The van der Waals surface area contributed by atoms with Crippen molar-refractivity contribution in [3.63, 3.8) is 0 Å². The summed E-state index contributed by atoms with van der Waals surface area (Å²) in [7, 11) is -2.89. The van der Waals surface area contributed by atoms with Crippen LogP contribution in [0.3, 0.4) is 0 Å². The van der Waals surface area contributed by atoms with E-state index in [0.29, 0.717) is 31.6 Å². The third-order valence-electron chi connectivity index (χ3n) is 10.2. The second-order valence-corrected chi connectivity index (χ2v) is 17.5. The molecule has 3 aromatic carbocycles. The van der Waals surface area contributed by atoms with Crippen LogP contribution in [-0.2, 0) is 26.5 Å². The van der Waals surface area contributed by atoms with Crippen molar-refractivity contribution in [1.29, 1.82) is 0 Å². The van der Waals surface area contributed by atoms with Crippen molar-refractivity contribution in [2.75, 3.05) is 23.0 Å². The molecule has 0 bridgehead atoms. The molecule has 0 aliphatic carbocycles. The van der Waals surface area contributed by atoms with Crippen LogP contribution in [0.5, 0.6) is 0 Å². The molecular formula is C36H41N5O5Si. The number of aromatic nitrogens is 3. The maximum Gasteiger partial charge on any atom is 0.268 e. The van der Waals surface area contributed by atoms with Crippen LogP contribution in [0.4, 0.5) is 17.1 Å². The fourth-order valence-corrected chi connectivity index (χ4v) is 10.7. The van der Waals surface area contributed by atoms with Crippen molar-refractivity contribution in [1.82, 2.24) is 15.0 Å². The molecule has 10 nitrogen and oxygen atoms in total. The average molecular weight is 652 g/mol. The first-order chi connectivity index (χ1) is 22.6. The van der Waals surface area contributed by atoms with Crippen LogP contribution in [-0.4, -0.2) is 64.3 Å². The molecule has 47 heavy (non-hydrogen) atoms. The van der Waals surface area contributed by atoms with Crippen LogP contribution < -0.4 is 9.80 Å². The number of aryl methyl sites for hydroxylation is 1. The fraction of sp³-hybridized carbons (Fsp3) is 0.389. The van der Waals surface area contributed by atoms with Gasteiger partial charge in [0.2, 0.25) is 5.91 Å². The summed E-state index contributed by atoms with van der Waals surface area (Å²) in [6.07, 6.45) is 3.23. The lowest BCUT2D eigenvalue weighted by atomic mass is 9.82. The number of amides is 2. The van der Waals surface area contributed by atoms with Gasteiger partial charge in [-0.25, -0.2) is 0 Å². The minimum absolute atomic E-state index is 0.0752. The molecule has 11 heteroatoms. The number of ether oxygens (including phenoxy) is 1. The molecule has 1 spiro atoms. The van der Waals surface area contributed by atoms with Gasteiger partial charge in [-0.2, -0.15) is 0 Å². The van der Waals surface area contributed by atoms with E-state index in [-0.39, 0.29) is 35.8 Å². The summed E-state index contributed by atoms with van der Waals surface area (Å²) in [5.41, 5.74) is 3.00. The number of nitrogens with zero attached hydrogens (tertiary/aromatic N) is 5. The van der Waals surface area contributed by atoms with Crippen molar-refractivity contribution in [2.45, 2.75) is 69.0 Å². The van der Waals surface area contributed by atoms with Gasteiger partial charge in [0.25, 0.3) is 5.91 Å². The number of fused-ring (bicyclic) bond motifs is 2. The highest BCUT2D eigenvalue weighted by Gasteiger charge is 2.66. The summed E-state index contributed by atoms with van der Waals surface area (Å²) in [5, 5.41) is 18.9. The Morgan fingerprint density at radius 1 is 1.02 bits per heavy atom. The van der Waals surface area contributed by atoms with Crippen LogP contribution >= 0.6 is 0 Å². The first kappa shape index (κ1) is 31.4. The highest BCUT2D eigenvalue weighted by atomic mass is 28.4. The molecule has 2 fully saturated rings. The highest BCUT2D eigenvalue weighted by molar-refractivity contribution is 6.71. The molecule has 2 saturated heterocycles. The highest BCUT2D eigenvalue weighted by Crippen LogP contribution is 2.61. The Hall–Kier alpha value is -4.16. The number of carbonyl (C=O) groups is 2. The Balaban J connectivity index is 1.24. The van der Waals surface area contributed by atoms with E-state index in [4.69, 9.17) is 4.74 Å². The first-order valence-corrected chi connectivity index (χ1v) is 19.5. The van der Waals surface area contributed by atoms with Gasteiger partial charge in [0.05, 0.1) is 30.0 Å². The summed E-state index contributed by atoms with van der Waals surface area (Å²) in [6.45, 7) is 6.86. The molecule has 1 aromatic heterocycles. The van der Waals surface area contributed by atoms with Gasteiger partial charge in [0.1, 0.15) is 0 Å². The number of anilines is 3. The van der Waals surface area contributed by atoms with E-state index in [1.54, 1.807) is 14.5 Å². The lowest BCUT2D eigenvalue weighted by Gasteiger charge is -2.32. The number of benzene rings is 3. The lowest BCUT2D eigenvalue weighted by molar-refractivity contribution is -0.145. The van der Waals surface area contributed by atoms with Crippen LogP contribution in [0.2, 0.25) is 18.6 Å². The molecule has 244 valence electrons. The zero-order valence-electron chi connectivity index (χ0n) is 27.0. The Bertz CT molecular complexity index is 1780. The number of hydrogen-bond donors (Lipinski definition) is 2. The molecule has 5 atom stereocenters. The van der Waals surface area contributed by atoms with Gasteiger partial charge >= 0.3 is 0 Å². The zero-order chi connectivity index (χ0) is 32.9. The second-order valence-electron chi connectivity index (χ2n) is 13.5. The van der Waals surface area contributed by atoms with Crippen molar-refractivity contribution in [2.24, 2.45) is 5.92 Å². The third kappa shape index (κ3) is 5.31. The predicted octanol–water partition coefficient (Wildman–Crippen LogP) is 5.10. The van der Waals surface area contributed by atoms with E-state index in [1.807, 2.05) is 105 Å². The van der Waals surface area contributed by atoms with E-state index >= 15 is 0 Å². The lowest BCUT2D eigenvalue weighted by Crippen LogP contribution is -2.45. The van der Waals surface area contributed by atoms with Gasteiger partial charge in [-0.3, -0.25) is 19.2 Å². The monoisotopic (exact) mass is 651 g/mol. The minimum atomic E-state index is -2.89. The zero-order valence-corrected chi connectivity index (χ0v) is 28.0. The number of hydrogen-bond acceptors (Lipinski definition) is 7. The topological polar surface area (TPSA) is 121 Å². The predicted molar refractivity (Wildman–Crippen MR) is 181 cm³/mol. The van der Waals surface area contributed by atoms with Gasteiger partial charge in [0, 0.05) is 54.1 Å². The maximum atomic E-state index is 14.8. The smallest absolute Gasteiger partial charge is 0.268 e. The number of carbonyl (C=O) groups excluding carboxylic acids is 2. The SMILES string of the molecule is C[C@@H]1[C@@H]([Si](C)(C)O)[C@H](CCn2cc(C(CO)c3ccccc3)nn2)O[C@@]12C(=O)N(c1ccccc1)c1ccc(N3CCCC3=O)cc12. The summed E-state index contributed by atoms with van der Waals surface area (Å²) >= 11 is 0. The normalized spacial score (nSPS) is 24.8. The van der Waals surface area contributed by atoms with Crippen molar-refractivity contribution >= 4 is 37.2 Å². The van der Waals surface area contributed by atoms with Gasteiger partial charge in [-0.1, -0.05) is 60.7 Å². The van der Waals surface area contributed by atoms with Crippen LogP contribution in [0, 0.1) is 5.92 Å². The summed E-state index contributed by atoms with van der Waals surface area (Å²) in [5.74, 6) is -0.739. The number of para-hydroxylation sites is 1. The number of aliphatic hydroxyl groups is 1. The van der Waals surface area contributed by atoms with Gasteiger partial charge in [-0.15, -0.1) is 5.10 Å². The molecule has 0 radical (unpaired) electrons. The summed E-state index contributed by atoms with van der Waals surface area (Å²) in [6, 6.07) is 25.1. The Labute approximate surface area is 275 Å². The molecule has 1 unspecified atom stereocenters. The third-order valence-corrected chi connectivity index (χ3v) is 12.7. The largest absolute Gasteiger partial charge is 0.432 e. The molecule has 4 aromatic rings. The second kappa shape index (κ2) is 12.1. The molecule has 3 aliphatic rings. The van der Waals surface area contributed by atoms with Crippen molar-refractivity contribution in [3.8, 4) is 0 Å². The van der Waals surface area contributed by atoms with E-state index in [1.165, 1.54) is 0 Å². The molecule has 2 N–H and O–H groups in total. The van der Waals surface area contributed by atoms with Crippen LogP contribution in [0.15, 0.2) is 85.1 Å². The van der Waals surface area contributed by atoms with E-state index in [0.717, 1.165) is 34.6 Å². The van der Waals surface area contributed by atoms with Crippen LogP contribution in [0.25, 0.3) is 0 Å². The standard InChI is InChI=1S/C36H41N5O5Si/c1-24-34(47(2,3)45)32(18-20-39-22-30(37-38-39)28(23-42)25-11-6-4-7-12-25)46-36(24)29-21-27(40-19-10-15-33(40)43)16-17-31(29)41(35(36)44)26-13-8-5-9-14-26/h4-9,11-14,16-17,21-22,24,28,32,34,42,45H,10,15,18-20,23H2,1-3H3/t24-,28?,32+,34-,36+/m1/s1. The van der Waals surface area contributed by atoms with Gasteiger partial charge in [-0.05, 0) is 61.8 Å². The Morgan fingerprint density at radius 2 is 1.74 bits per heavy atom. The Morgan fingerprint density at radius 3 is 2.40 bits per heavy atom. The summed E-state index contributed by atoms with van der Waals surface area (Å²) in [4.78, 5) is 42.9. The van der Waals surface area contributed by atoms with Gasteiger partial charge < -0.3 is 19.5 Å². The minimum Gasteiger partial charge on any atom is -0.432 e. The quantitative estimate of drug-likeness (QED) is 0.242. The molecule has 0 saturated carbocycles. The van der Waals surface area contributed by atoms with E-state index in [2.05, 4.69) is 10.3 Å². The molecule has 2 amide bonds. The Kier molecular flexibility index (Phi) is 8.11. The molecule has 4 heterocycles. The molecule has 3 aliphatic heterocycles. The number of aliphatic hydroxyl groups excluding tert-OH is 1. The molecule has 7 rings (SSSR count).